The van der Waals surface area contributed by atoms with Gasteiger partial charge in [-0.15, -0.1) is 0 Å². The van der Waals surface area contributed by atoms with E-state index in [-0.39, 0.29) is 18.4 Å². The molecule has 2 heterocycles. The molecule has 0 N–H and O–H groups in total. The second-order valence-electron chi connectivity index (χ2n) is 8.83. The van der Waals surface area contributed by atoms with E-state index in [9.17, 15) is 0 Å². The molecule has 0 bridgehead atoms. The van der Waals surface area contributed by atoms with Gasteiger partial charge in [-0.2, -0.15) is 0 Å². The predicted molar refractivity (Wildman–Crippen MR) is 166 cm³/mol. The number of pyridine rings is 1. The van der Waals surface area contributed by atoms with Crippen molar-refractivity contribution in [3.8, 4) is 0 Å². The van der Waals surface area contributed by atoms with Crippen molar-refractivity contribution >= 4 is 33.4 Å². The Labute approximate surface area is 266 Å². The fourth-order valence-corrected chi connectivity index (χ4v) is 6.69. The monoisotopic (exact) mass is 687 g/mol. The summed E-state index contributed by atoms with van der Waals surface area (Å²) in [7, 11) is 6.01. The van der Waals surface area contributed by atoms with Crippen molar-refractivity contribution in [3.63, 3.8) is 0 Å². The van der Waals surface area contributed by atoms with E-state index < -0.39 is 7.92 Å². The Morgan fingerprint density at radius 3 is 1.46 bits per heavy atom. The zero-order valence-electron chi connectivity index (χ0n) is 22.4. The Hall–Kier alpha value is -2.96. The smallest absolute Gasteiger partial charge is 0.0134 e. The van der Waals surface area contributed by atoms with Crippen LogP contribution in [0.2, 0.25) is 0 Å². The van der Waals surface area contributed by atoms with Crippen LogP contribution in [0.5, 0.6) is 0 Å². The van der Waals surface area contributed by atoms with Crippen molar-refractivity contribution in [2.75, 3.05) is 7.05 Å². The topological polar surface area (TPSA) is 19.4 Å². The molecule has 0 saturated heterocycles. The van der Waals surface area contributed by atoms with Gasteiger partial charge in [0.25, 0.3) is 0 Å². The van der Waals surface area contributed by atoms with Crippen molar-refractivity contribution in [2.45, 2.75) is 6.04 Å². The average molecular weight is 689 g/mol. The second-order valence-corrected chi connectivity index (χ2v) is 11.0. The molecule has 5 aromatic rings. The van der Waals surface area contributed by atoms with Crippen LogP contribution >= 0.6 is 17.5 Å². The van der Waals surface area contributed by atoms with Gasteiger partial charge in [0.05, 0.1) is 11.7 Å². The number of aromatic nitrogens is 1. The van der Waals surface area contributed by atoms with Gasteiger partial charge in [-0.3, -0.25) is 4.98 Å². The van der Waals surface area contributed by atoms with Gasteiger partial charge in [0.2, 0.25) is 6.67 Å². The van der Waals surface area contributed by atoms with Crippen molar-refractivity contribution in [2.24, 2.45) is 0 Å². The van der Waals surface area contributed by atoms with Crippen LogP contribution in [0, 0.1) is 6.67 Å². The molecule has 1 atom stereocenters. The Kier molecular flexibility index (Phi) is 14.1. The first-order chi connectivity index (χ1) is 19.8. The van der Waals surface area contributed by atoms with Gasteiger partial charge in [-0.25, -0.2) is 0 Å². The van der Waals surface area contributed by atoms with Gasteiger partial charge < -0.3 is 22.2 Å². The summed E-state index contributed by atoms with van der Waals surface area (Å²) in [6, 6.07) is 48.7. The fraction of sp³-hybridized carbons (Fsp3) is 0.0588. The molecule has 7 heteroatoms. The molecule has 1 aliphatic heterocycles. The average Bonchev–Trinajstić information content (AvgIpc) is 3.47. The molecule has 4 aromatic carbocycles. The molecule has 3 nitrogen and oxygen atoms in total. The number of rotatable bonds is 6. The first-order valence-corrected chi connectivity index (χ1v) is 16.1. The second kappa shape index (κ2) is 17.8. The maximum Gasteiger partial charge on any atom is -0.0134 e. The minimum Gasteiger partial charge on any atom is -0.0622 e. The third kappa shape index (κ3) is 9.27. The summed E-state index contributed by atoms with van der Waals surface area (Å²) < 4.78 is 0. The SMILES string of the molecule is CN1[C]N(C(c2ccccc2)c2ccccn2)C=C1.[Cl-].[Cl][Pd+].c1ccc(P(c2ccccc2)c2ccccc2)cc1. The largest absolute Gasteiger partial charge is 0.0622 e. The molecular formula is C34H30Cl2N3PPd. The molecule has 1 unspecified atom stereocenters. The normalized spacial score (nSPS) is 12.4. The van der Waals surface area contributed by atoms with Crippen LogP contribution in [-0.2, 0) is 18.2 Å². The van der Waals surface area contributed by atoms with Crippen molar-refractivity contribution in [3.05, 3.63) is 176 Å². The fourth-order valence-electron chi connectivity index (χ4n) is 4.39. The zero-order valence-corrected chi connectivity index (χ0v) is 26.4. The standard InChI is InChI=1S/C18H15P.C16H15N3.2ClH.Pd/c1-4-10-16(11-5-1)19(17-12-6-2-7-13-17)18-14-8-3-9-15-18;1-18-11-12-19(13-18)16(14-7-3-2-4-8-14)15-9-5-6-10-17-15;;;/h1-15H;2-12,16H,1H3;2*1H;/q;;;;+2/p-2. The molecule has 41 heavy (non-hydrogen) atoms. The molecular weight excluding hydrogens is 659 g/mol. The molecule has 0 spiro atoms. The van der Waals surface area contributed by atoms with E-state index in [0.717, 1.165) is 5.69 Å². The van der Waals surface area contributed by atoms with E-state index in [0.29, 0.717) is 0 Å². The van der Waals surface area contributed by atoms with Crippen LogP contribution in [0.3, 0.4) is 0 Å². The number of halogens is 2. The van der Waals surface area contributed by atoms with Crippen LogP contribution in [-0.4, -0.2) is 21.8 Å². The van der Waals surface area contributed by atoms with Crippen LogP contribution in [0.4, 0.5) is 0 Å². The van der Waals surface area contributed by atoms with Crippen LogP contribution < -0.4 is 28.3 Å². The number of hydrogen-bond acceptors (Lipinski definition) is 3. The van der Waals surface area contributed by atoms with Crippen LogP contribution in [0.25, 0.3) is 0 Å². The van der Waals surface area contributed by atoms with Gasteiger partial charge in [-0.1, -0.05) is 127 Å². The first kappa shape index (κ1) is 32.6. The Morgan fingerprint density at radius 2 is 1.07 bits per heavy atom. The summed E-state index contributed by atoms with van der Waals surface area (Å²) in [6.07, 6.45) is 5.83. The van der Waals surface area contributed by atoms with Gasteiger partial charge >= 0.3 is 27.7 Å². The van der Waals surface area contributed by atoms with E-state index in [2.05, 4.69) is 160 Å². The van der Waals surface area contributed by atoms with E-state index in [1.165, 1.54) is 21.5 Å². The molecule has 6 rings (SSSR count). The number of nitrogens with zero attached hydrogens (tertiary/aromatic N) is 3. The van der Waals surface area contributed by atoms with Gasteiger partial charge in [-0.05, 0) is 41.5 Å². The Morgan fingerprint density at radius 1 is 0.634 bits per heavy atom. The van der Waals surface area contributed by atoms with Gasteiger partial charge in [0, 0.05) is 25.6 Å². The molecule has 1 aromatic heterocycles. The predicted octanol–water partition coefficient (Wildman–Crippen LogP) is 4.02. The van der Waals surface area contributed by atoms with Crippen molar-refractivity contribution in [1.82, 2.24) is 14.8 Å². The molecule has 0 aliphatic carbocycles. The maximum atomic E-state index is 4.49. The molecule has 0 amide bonds. The van der Waals surface area contributed by atoms with E-state index >= 15 is 0 Å². The van der Waals surface area contributed by atoms with E-state index in [1.54, 1.807) is 0 Å². The third-order valence-corrected chi connectivity index (χ3v) is 8.57. The quantitative estimate of drug-likeness (QED) is 0.199. The first-order valence-electron chi connectivity index (χ1n) is 12.8. The molecule has 0 saturated carbocycles. The minimum absolute atomic E-state index is 0. The molecule has 2 radical (unpaired) electrons. The van der Waals surface area contributed by atoms with E-state index in [1.807, 2.05) is 54.8 Å². The summed E-state index contributed by atoms with van der Waals surface area (Å²) in [4.78, 5) is 8.46. The Bertz CT molecular complexity index is 1280. The van der Waals surface area contributed by atoms with Gasteiger partial charge in [0.15, 0.2) is 0 Å². The number of hydrogen-bond donors (Lipinski definition) is 0. The van der Waals surface area contributed by atoms with Crippen LogP contribution in [0.1, 0.15) is 17.3 Å². The van der Waals surface area contributed by atoms with Crippen molar-refractivity contribution in [1.29, 1.82) is 0 Å². The van der Waals surface area contributed by atoms with Crippen molar-refractivity contribution < 1.29 is 30.6 Å². The zero-order chi connectivity index (χ0) is 28.0. The molecule has 0 fully saturated rings. The molecule has 210 valence electrons. The molecule has 1 aliphatic rings. The summed E-state index contributed by atoms with van der Waals surface area (Å²) in [5, 5.41) is 4.19. The Balaban J connectivity index is 0.000000208. The summed E-state index contributed by atoms with van der Waals surface area (Å²) in [6.45, 7) is 3.27. The third-order valence-electron chi connectivity index (χ3n) is 6.13. The summed E-state index contributed by atoms with van der Waals surface area (Å²) in [5.74, 6) is 0. The minimum atomic E-state index is -0.446. The van der Waals surface area contributed by atoms with Crippen LogP contribution in [0.15, 0.2) is 158 Å². The summed E-state index contributed by atoms with van der Waals surface area (Å²) >= 11 is 2.22. The maximum absolute atomic E-state index is 4.49. The van der Waals surface area contributed by atoms with E-state index in [4.69, 9.17) is 0 Å². The van der Waals surface area contributed by atoms with Gasteiger partial charge in [0.1, 0.15) is 0 Å². The number of benzene rings is 4. The summed E-state index contributed by atoms with van der Waals surface area (Å²) in [5.41, 5.74) is 2.22.